The predicted molar refractivity (Wildman–Crippen MR) is 72.1 cm³/mol. The number of rotatable bonds is 3. The van der Waals surface area contributed by atoms with Gasteiger partial charge in [0.25, 0.3) is 5.56 Å². The van der Waals surface area contributed by atoms with Gasteiger partial charge in [-0.1, -0.05) is 5.21 Å². The summed E-state index contributed by atoms with van der Waals surface area (Å²) in [5.74, 6) is -0.443. The minimum Gasteiger partial charge on any atom is -0.370 e. The highest BCUT2D eigenvalue weighted by atomic mass is 32.1. The van der Waals surface area contributed by atoms with Gasteiger partial charge in [-0.15, -0.1) is 16.4 Å². The van der Waals surface area contributed by atoms with Crippen molar-refractivity contribution in [3.8, 4) is 0 Å². The van der Waals surface area contributed by atoms with E-state index in [0.717, 1.165) is 24.8 Å². The zero-order valence-electron chi connectivity index (χ0n) is 10.4. The van der Waals surface area contributed by atoms with Crippen molar-refractivity contribution in [2.45, 2.75) is 38.6 Å². The standard InChI is InChI=1S/C12H14N4O2S/c13-9(17)5-6-16-12(18)10-7-3-1-2-4-8(7)19-11(10)14-15-16/h1-6H2,(H2,13,17). The minimum atomic E-state index is -0.443. The van der Waals surface area contributed by atoms with Crippen LogP contribution >= 0.6 is 11.3 Å². The van der Waals surface area contributed by atoms with Crippen LogP contribution in [0.5, 0.6) is 0 Å². The molecule has 1 amide bonds. The molecule has 0 spiro atoms. The Kier molecular flexibility index (Phi) is 3.06. The van der Waals surface area contributed by atoms with Crippen LogP contribution in [0.15, 0.2) is 4.79 Å². The lowest BCUT2D eigenvalue weighted by molar-refractivity contribution is -0.118. The second kappa shape index (κ2) is 4.73. The van der Waals surface area contributed by atoms with Crippen molar-refractivity contribution in [3.63, 3.8) is 0 Å². The fourth-order valence-electron chi connectivity index (χ4n) is 2.47. The topological polar surface area (TPSA) is 90.9 Å². The van der Waals surface area contributed by atoms with Gasteiger partial charge in [0.2, 0.25) is 5.91 Å². The fourth-order valence-corrected chi connectivity index (χ4v) is 3.67. The van der Waals surface area contributed by atoms with Gasteiger partial charge in [0.05, 0.1) is 11.9 Å². The zero-order chi connectivity index (χ0) is 13.4. The van der Waals surface area contributed by atoms with Gasteiger partial charge >= 0.3 is 0 Å². The number of primary amides is 1. The molecule has 2 heterocycles. The summed E-state index contributed by atoms with van der Waals surface area (Å²) in [6.45, 7) is 0.196. The van der Waals surface area contributed by atoms with Gasteiger partial charge in [0.15, 0.2) is 4.83 Å². The van der Waals surface area contributed by atoms with Crippen LogP contribution in [0.1, 0.15) is 29.7 Å². The number of nitrogens with two attached hydrogens (primary N) is 1. The summed E-state index contributed by atoms with van der Waals surface area (Å²) in [4.78, 5) is 25.2. The van der Waals surface area contributed by atoms with E-state index >= 15 is 0 Å². The second-order valence-corrected chi connectivity index (χ2v) is 5.81. The highest BCUT2D eigenvalue weighted by molar-refractivity contribution is 7.18. The number of aryl methyl sites for hydroxylation is 3. The molecule has 0 saturated carbocycles. The molecule has 0 aliphatic heterocycles. The van der Waals surface area contributed by atoms with Crippen LogP contribution in [0.25, 0.3) is 10.2 Å². The van der Waals surface area contributed by atoms with Gasteiger partial charge in [0.1, 0.15) is 0 Å². The van der Waals surface area contributed by atoms with E-state index in [-0.39, 0.29) is 18.5 Å². The maximum Gasteiger partial charge on any atom is 0.278 e. The van der Waals surface area contributed by atoms with Crippen molar-refractivity contribution in [1.82, 2.24) is 15.0 Å². The molecule has 6 nitrogen and oxygen atoms in total. The lowest BCUT2D eigenvalue weighted by atomic mass is 9.97. The molecule has 7 heteroatoms. The Bertz CT molecular complexity index is 704. The molecule has 0 aromatic carbocycles. The largest absolute Gasteiger partial charge is 0.370 e. The Morgan fingerprint density at radius 3 is 2.95 bits per heavy atom. The van der Waals surface area contributed by atoms with Crippen molar-refractivity contribution >= 4 is 27.5 Å². The number of hydrogen-bond acceptors (Lipinski definition) is 5. The van der Waals surface area contributed by atoms with Crippen LogP contribution in [0.2, 0.25) is 0 Å². The van der Waals surface area contributed by atoms with Crippen LogP contribution in [-0.4, -0.2) is 20.9 Å². The minimum absolute atomic E-state index is 0.104. The number of carbonyl (C=O) groups excluding carboxylic acids is 1. The molecule has 0 saturated heterocycles. The molecule has 2 N–H and O–H groups in total. The highest BCUT2D eigenvalue weighted by Crippen LogP contribution is 2.32. The highest BCUT2D eigenvalue weighted by Gasteiger charge is 2.20. The summed E-state index contributed by atoms with van der Waals surface area (Å²) in [5, 5.41) is 8.68. The zero-order valence-corrected chi connectivity index (χ0v) is 11.2. The molecule has 1 aliphatic carbocycles. The van der Waals surface area contributed by atoms with Crippen LogP contribution in [0.4, 0.5) is 0 Å². The third kappa shape index (κ3) is 2.14. The molecule has 19 heavy (non-hydrogen) atoms. The first-order valence-corrected chi connectivity index (χ1v) is 7.15. The SMILES string of the molecule is NC(=O)CCn1nnc2sc3c(c2c1=O)CCCC3. The summed E-state index contributed by atoms with van der Waals surface area (Å²) < 4.78 is 1.24. The van der Waals surface area contributed by atoms with E-state index in [0.29, 0.717) is 10.2 Å². The van der Waals surface area contributed by atoms with Crippen molar-refractivity contribution in [1.29, 1.82) is 0 Å². The lowest BCUT2D eigenvalue weighted by Gasteiger charge is -2.09. The Morgan fingerprint density at radius 1 is 1.37 bits per heavy atom. The van der Waals surface area contributed by atoms with E-state index in [2.05, 4.69) is 10.3 Å². The molecule has 0 unspecified atom stereocenters. The molecule has 1 aliphatic rings. The number of amides is 1. The Hall–Kier alpha value is -1.76. The molecular formula is C12H14N4O2S. The van der Waals surface area contributed by atoms with E-state index < -0.39 is 5.91 Å². The van der Waals surface area contributed by atoms with Crippen LogP contribution < -0.4 is 11.3 Å². The molecule has 2 aromatic rings. The molecule has 100 valence electrons. The van der Waals surface area contributed by atoms with Gasteiger partial charge < -0.3 is 5.73 Å². The van der Waals surface area contributed by atoms with E-state index in [9.17, 15) is 9.59 Å². The molecule has 2 aromatic heterocycles. The summed E-state index contributed by atoms with van der Waals surface area (Å²) in [6, 6.07) is 0. The number of hydrogen-bond donors (Lipinski definition) is 1. The molecule has 3 rings (SSSR count). The van der Waals surface area contributed by atoms with Crippen LogP contribution in [0.3, 0.4) is 0 Å². The van der Waals surface area contributed by atoms with Crippen molar-refractivity contribution in [2.75, 3.05) is 0 Å². The summed E-state index contributed by atoms with van der Waals surface area (Å²) in [6.07, 6.45) is 4.35. The van der Waals surface area contributed by atoms with Gasteiger partial charge in [-0.05, 0) is 31.2 Å². The summed E-state index contributed by atoms with van der Waals surface area (Å²) in [5.41, 5.74) is 6.08. The Morgan fingerprint density at radius 2 is 2.16 bits per heavy atom. The van der Waals surface area contributed by atoms with Gasteiger partial charge in [-0.2, -0.15) is 0 Å². The second-order valence-electron chi connectivity index (χ2n) is 4.73. The van der Waals surface area contributed by atoms with Gasteiger partial charge in [-0.25, -0.2) is 4.68 Å². The molecule has 0 radical (unpaired) electrons. The Balaban J connectivity index is 2.10. The number of fused-ring (bicyclic) bond motifs is 3. The van der Waals surface area contributed by atoms with Gasteiger partial charge in [0, 0.05) is 11.3 Å². The van der Waals surface area contributed by atoms with Crippen LogP contribution in [0, 0.1) is 0 Å². The first-order valence-electron chi connectivity index (χ1n) is 6.33. The van der Waals surface area contributed by atoms with Crippen molar-refractivity contribution in [3.05, 3.63) is 20.8 Å². The predicted octanol–water partition coefficient (Wildman–Crippen LogP) is 0.607. The Labute approximate surface area is 113 Å². The summed E-state index contributed by atoms with van der Waals surface area (Å²) in [7, 11) is 0. The van der Waals surface area contributed by atoms with E-state index in [1.54, 1.807) is 11.3 Å². The van der Waals surface area contributed by atoms with E-state index in [1.165, 1.54) is 16.0 Å². The average molecular weight is 278 g/mol. The number of nitrogens with zero attached hydrogens (tertiary/aromatic N) is 3. The van der Waals surface area contributed by atoms with Crippen molar-refractivity contribution < 1.29 is 4.79 Å². The van der Waals surface area contributed by atoms with Gasteiger partial charge in [-0.3, -0.25) is 9.59 Å². The maximum atomic E-state index is 12.4. The van der Waals surface area contributed by atoms with Crippen molar-refractivity contribution in [2.24, 2.45) is 5.73 Å². The first-order chi connectivity index (χ1) is 9.16. The molecule has 0 bridgehead atoms. The molecule has 0 fully saturated rings. The normalized spacial score (nSPS) is 14.5. The average Bonchev–Trinajstić information content (AvgIpc) is 2.76. The summed E-state index contributed by atoms with van der Waals surface area (Å²) >= 11 is 1.57. The molecule has 0 atom stereocenters. The quantitative estimate of drug-likeness (QED) is 0.890. The maximum absolute atomic E-state index is 12.4. The number of carbonyl (C=O) groups is 1. The van der Waals surface area contributed by atoms with Crippen LogP contribution in [-0.2, 0) is 24.2 Å². The third-order valence-electron chi connectivity index (χ3n) is 3.41. The van der Waals surface area contributed by atoms with E-state index in [1.807, 2.05) is 0 Å². The lowest BCUT2D eigenvalue weighted by Crippen LogP contribution is -2.27. The number of aromatic nitrogens is 3. The molecular weight excluding hydrogens is 264 g/mol. The first kappa shape index (κ1) is 12.3. The smallest absolute Gasteiger partial charge is 0.278 e. The number of thiophene rings is 1. The van der Waals surface area contributed by atoms with E-state index in [4.69, 9.17) is 5.73 Å². The fraction of sp³-hybridized carbons (Fsp3) is 0.500. The third-order valence-corrected chi connectivity index (χ3v) is 4.59. The monoisotopic (exact) mass is 278 g/mol.